The van der Waals surface area contributed by atoms with Crippen LogP contribution in [0.15, 0.2) is 0 Å². The Balaban J connectivity index is 0.000000921. The second kappa shape index (κ2) is 5.70. The van der Waals surface area contributed by atoms with E-state index in [-0.39, 0.29) is 11.2 Å². The molecule has 80 valence electrons. The van der Waals surface area contributed by atoms with Crippen LogP contribution in [0.4, 0.5) is 0 Å². The molecule has 1 aromatic rings. The maximum absolute atomic E-state index is 8.75. The van der Waals surface area contributed by atoms with Gasteiger partial charge in [-0.3, -0.25) is 20.4 Å². The van der Waals surface area contributed by atoms with Crippen LogP contribution in [-0.4, -0.2) is 15.9 Å². The molecule has 0 aromatic carbocycles. The summed E-state index contributed by atoms with van der Waals surface area (Å²) in [5.41, 5.74) is 1.38. The molecule has 1 heterocycles. The van der Waals surface area contributed by atoms with Gasteiger partial charge in [0.2, 0.25) is 0 Å². The fraction of sp³-hybridized carbons (Fsp3) is 0.400. The molecule has 0 aliphatic rings. The van der Waals surface area contributed by atoms with Gasteiger partial charge in [0.15, 0.2) is 5.49 Å². The van der Waals surface area contributed by atoms with Crippen molar-refractivity contribution >= 4 is 6.34 Å². The summed E-state index contributed by atoms with van der Waals surface area (Å²) in [4.78, 5) is 4.02. The lowest BCUT2D eigenvalue weighted by Gasteiger charge is -2.06. The number of aromatic nitrogens is 2. The highest BCUT2D eigenvalue weighted by atomic mass is 15.0. The van der Waals surface area contributed by atoms with E-state index in [1.165, 1.54) is 4.57 Å². The molecule has 0 atom stereocenters. The molecule has 15 heavy (non-hydrogen) atoms. The highest BCUT2D eigenvalue weighted by Crippen LogP contribution is 1.99. The van der Waals surface area contributed by atoms with Crippen molar-refractivity contribution in [1.29, 1.82) is 16.1 Å². The highest BCUT2D eigenvalue weighted by molar-refractivity contribution is 5.58. The van der Waals surface area contributed by atoms with E-state index in [4.69, 9.17) is 16.1 Å². The highest BCUT2D eigenvalue weighted by Gasteiger charge is 2.06. The molecule has 5 nitrogen and oxygen atoms in total. The van der Waals surface area contributed by atoms with Crippen molar-refractivity contribution in [2.24, 2.45) is 0 Å². The summed E-state index contributed by atoms with van der Waals surface area (Å²) in [7, 11) is 0. The van der Waals surface area contributed by atoms with Gasteiger partial charge in [0, 0.05) is 0 Å². The monoisotopic (exact) mass is 205 g/mol. The Bertz CT molecular complexity index is 450. The molecule has 0 amide bonds. The van der Waals surface area contributed by atoms with E-state index in [9.17, 15) is 0 Å². The minimum Gasteiger partial charge on any atom is -0.291 e. The Morgan fingerprint density at radius 3 is 2.27 bits per heavy atom. The number of rotatable bonds is 1. The Morgan fingerprint density at radius 1 is 1.33 bits per heavy atom. The summed E-state index contributed by atoms with van der Waals surface area (Å²) in [6.45, 7) is 7.36. The average Bonchev–Trinajstić information content (AvgIpc) is 2.25. The number of nitrogens with zero attached hydrogens (tertiary/aromatic N) is 3. The zero-order valence-electron chi connectivity index (χ0n) is 9.42. The molecular weight excluding hydrogens is 190 g/mol. The van der Waals surface area contributed by atoms with E-state index < -0.39 is 0 Å². The topological polar surface area (TPSA) is 89.3 Å². The van der Waals surface area contributed by atoms with Gasteiger partial charge < -0.3 is 0 Å². The molecule has 0 aliphatic carbocycles. The summed E-state index contributed by atoms with van der Waals surface area (Å²) < 4.78 is 1.21. The minimum absolute atomic E-state index is 0.0807. The van der Waals surface area contributed by atoms with Crippen molar-refractivity contribution in [2.45, 2.75) is 27.7 Å². The lowest BCUT2D eigenvalue weighted by molar-refractivity contribution is 0.873. The van der Waals surface area contributed by atoms with Crippen LogP contribution in [-0.2, 0) is 0 Å². The Hall–Kier alpha value is -1.96. The molecule has 0 spiro atoms. The summed E-state index contributed by atoms with van der Waals surface area (Å²) in [6, 6.07) is 1.91. The van der Waals surface area contributed by atoms with Gasteiger partial charge in [-0.2, -0.15) is 5.26 Å². The first-order chi connectivity index (χ1) is 7.11. The van der Waals surface area contributed by atoms with Crippen molar-refractivity contribution in [2.75, 3.05) is 0 Å². The van der Waals surface area contributed by atoms with E-state index in [1.807, 2.05) is 19.9 Å². The Kier molecular flexibility index (Phi) is 4.96. The molecule has 5 heteroatoms. The van der Waals surface area contributed by atoms with E-state index in [1.54, 1.807) is 13.8 Å². The first kappa shape index (κ1) is 13.0. The second-order valence-corrected chi connectivity index (χ2v) is 2.59. The van der Waals surface area contributed by atoms with Crippen molar-refractivity contribution < 1.29 is 0 Å². The SMILES string of the molecule is CC.Cc1nc(C)c(=N)n(C=N)c1C#N. The molecule has 0 radical (unpaired) electrons. The molecule has 0 saturated carbocycles. The van der Waals surface area contributed by atoms with Crippen LogP contribution in [0.1, 0.15) is 30.9 Å². The molecular formula is C10H15N5. The molecule has 0 fully saturated rings. The fourth-order valence-corrected chi connectivity index (χ4v) is 1.08. The number of nitrogens with one attached hydrogen (secondary N) is 2. The van der Waals surface area contributed by atoms with Crippen LogP contribution in [0.3, 0.4) is 0 Å². The third-order valence-electron chi connectivity index (χ3n) is 1.74. The van der Waals surface area contributed by atoms with Crippen molar-refractivity contribution in [3.8, 4) is 6.07 Å². The van der Waals surface area contributed by atoms with Gasteiger partial charge in [0.1, 0.15) is 11.8 Å². The summed E-state index contributed by atoms with van der Waals surface area (Å²) >= 11 is 0. The molecule has 1 aromatic heterocycles. The normalized spacial score (nSPS) is 8.47. The zero-order chi connectivity index (χ0) is 12.0. The summed E-state index contributed by atoms with van der Waals surface area (Å²) in [6.07, 6.45) is 0.947. The lowest BCUT2D eigenvalue weighted by atomic mass is 10.3. The van der Waals surface area contributed by atoms with Crippen LogP contribution < -0.4 is 5.49 Å². The van der Waals surface area contributed by atoms with Gasteiger partial charge >= 0.3 is 0 Å². The first-order valence-corrected chi connectivity index (χ1v) is 4.66. The third kappa shape index (κ3) is 2.50. The van der Waals surface area contributed by atoms with Crippen LogP contribution in [0.25, 0.3) is 0 Å². The largest absolute Gasteiger partial charge is 0.291 e. The molecule has 0 saturated heterocycles. The summed E-state index contributed by atoms with van der Waals surface area (Å²) in [5.74, 6) is 0. The van der Waals surface area contributed by atoms with Crippen LogP contribution in [0.5, 0.6) is 0 Å². The zero-order valence-corrected chi connectivity index (χ0v) is 9.42. The number of aryl methyl sites for hydroxylation is 2. The first-order valence-electron chi connectivity index (χ1n) is 4.66. The van der Waals surface area contributed by atoms with E-state index in [0.717, 1.165) is 6.34 Å². The molecule has 0 unspecified atom stereocenters. The van der Waals surface area contributed by atoms with E-state index in [2.05, 4.69) is 4.98 Å². The van der Waals surface area contributed by atoms with Gasteiger partial charge in [-0.15, -0.1) is 0 Å². The second-order valence-electron chi connectivity index (χ2n) is 2.59. The smallest absolute Gasteiger partial charge is 0.152 e. The number of nitriles is 1. The van der Waals surface area contributed by atoms with Gasteiger partial charge in [-0.25, -0.2) is 0 Å². The third-order valence-corrected chi connectivity index (χ3v) is 1.74. The van der Waals surface area contributed by atoms with Gasteiger partial charge in [-0.05, 0) is 13.8 Å². The van der Waals surface area contributed by atoms with Gasteiger partial charge in [-0.1, -0.05) is 13.8 Å². The Morgan fingerprint density at radius 2 is 1.87 bits per heavy atom. The maximum atomic E-state index is 8.75. The number of hydrogen-bond donors (Lipinski definition) is 2. The quantitative estimate of drug-likeness (QED) is 0.535. The van der Waals surface area contributed by atoms with Crippen molar-refractivity contribution in [3.05, 3.63) is 22.6 Å². The molecule has 1 rings (SSSR count). The standard InChI is InChI=1S/C8H9N5.C2H6/c1-5-7(3-9)13(4-10)8(11)6(2)12-5;1-2/h4,10-11H,1-2H3;1-2H3. The van der Waals surface area contributed by atoms with Crippen LogP contribution >= 0.6 is 0 Å². The number of hydrogen-bond acceptors (Lipinski definition) is 4. The predicted octanol–water partition coefficient (Wildman–Crippen LogP) is 1.33. The van der Waals surface area contributed by atoms with Gasteiger partial charge in [0.25, 0.3) is 0 Å². The summed E-state index contributed by atoms with van der Waals surface area (Å²) in [5, 5.41) is 23.3. The average molecular weight is 205 g/mol. The van der Waals surface area contributed by atoms with Crippen molar-refractivity contribution in [1.82, 2.24) is 9.55 Å². The molecule has 0 bridgehead atoms. The van der Waals surface area contributed by atoms with Gasteiger partial charge in [0.05, 0.1) is 17.7 Å². The minimum atomic E-state index is 0.0807. The van der Waals surface area contributed by atoms with Crippen molar-refractivity contribution in [3.63, 3.8) is 0 Å². The van der Waals surface area contributed by atoms with Crippen LogP contribution in [0.2, 0.25) is 0 Å². The van der Waals surface area contributed by atoms with E-state index in [0.29, 0.717) is 11.4 Å². The predicted molar refractivity (Wildman–Crippen MR) is 57.8 cm³/mol. The lowest BCUT2D eigenvalue weighted by Crippen LogP contribution is -2.26. The maximum Gasteiger partial charge on any atom is 0.152 e. The fourth-order valence-electron chi connectivity index (χ4n) is 1.08. The van der Waals surface area contributed by atoms with Crippen LogP contribution in [0, 0.1) is 36.0 Å². The molecule has 2 N–H and O–H groups in total. The van der Waals surface area contributed by atoms with E-state index >= 15 is 0 Å². The molecule has 0 aliphatic heterocycles. The Labute approximate surface area is 89.0 Å².